The van der Waals surface area contributed by atoms with Gasteiger partial charge in [-0.25, -0.2) is 0 Å². The molecule has 1 rings (SSSR count). The first kappa shape index (κ1) is 49.1. The van der Waals surface area contributed by atoms with Gasteiger partial charge in [-0.2, -0.15) is 0 Å². The van der Waals surface area contributed by atoms with E-state index >= 15 is 0 Å². The summed E-state index contributed by atoms with van der Waals surface area (Å²) in [6.45, 7) is 18.7. The molecule has 0 heterocycles. The van der Waals surface area contributed by atoms with Crippen LogP contribution in [0.5, 0.6) is 11.5 Å². The monoisotopic (exact) mass is 784 g/mol. The number of benzene rings is 1. The third-order valence-electron chi connectivity index (χ3n) is 8.84. The van der Waals surface area contributed by atoms with E-state index in [-0.39, 0.29) is 59.2 Å². The minimum absolute atomic E-state index is 0.170. The third kappa shape index (κ3) is 23.1. The Kier molecular flexibility index (Phi) is 23.6. The zero-order valence-electron chi connectivity index (χ0n) is 34.2. The van der Waals surface area contributed by atoms with Gasteiger partial charge in [-0.15, -0.1) is 12.6 Å². The maximum Gasteiger partial charge on any atom is 0.257 e. The summed E-state index contributed by atoms with van der Waals surface area (Å²) in [4.78, 5) is 49.4. The van der Waals surface area contributed by atoms with Crippen molar-refractivity contribution in [2.75, 3.05) is 72.9 Å². The molecule has 1 aromatic rings. The smallest absolute Gasteiger partial charge is 0.257 e. The molecule has 0 aliphatic rings. The number of carbonyl (C=O) groups excluding carboxylic acids is 4. The first-order valence-corrected chi connectivity index (χ1v) is 19.5. The van der Waals surface area contributed by atoms with Crippen LogP contribution in [0.15, 0.2) is 18.2 Å². The molecule has 3 amide bonds. The van der Waals surface area contributed by atoms with Crippen molar-refractivity contribution in [2.24, 2.45) is 0 Å². The van der Waals surface area contributed by atoms with E-state index in [9.17, 15) is 19.2 Å². The molecule has 0 bridgehead atoms. The fraction of sp³-hybridized carbons (Fsp3) is 0.744. The second-order valence-corrected chi connectivity index (χ2v) is 15.2. The lowest BCUT2D eigenvalue weighted by molar-refractivity contribution is -0.124. The van der Waals surface area contributed by atoms with E-state index in [4.69, 9.17) is 28.4 Å². The minimum atomic E-state index is -0.526. The van der Waals surface area contributed by atoms with Crippen molar-refractivity contribution in [3.8, 4) is 11.5 Å². The van der Waals surface area contributed by atoms with Crippen LogP contribution in [0.25, 0.3) is 0 Å². The number of hydrogen-bond donors (Lipinski definition) is 5. The van der Waals surface area contributed by atoms with Gasteiger partial charge in [-0.05, 0) is 92.8 Å². The highest BCUT2D eigenvalue weighted by Gasteiger charge is 2.24. The zero-order valence-corrected chi connectivity index (χ0v) is 35.0. The molecule has 2 unspecified atom stereocenters. The molecule has 0 saturated carbocycles. The van der Waals surface area contributed by atoms with Gasteiger partial charge in [0.25, 0.3) is 17.7 Å². The first-order chi connectivity index (χ1) is 25.4. The average Bonchev–Trinajstić information content (AvgIpc) is 3.12. The van der Waals surface area contributed by atoms with E-state index < -0.39 is 16.8 Å². The molecule has 1 aromatic carbocycles. The van der Waals surface area contributed by atoms with Crippen LogP contribution in [0, 0.1) is 0 Å². The van der Waals surface area contributed by atoms with E-state index in [1.165, 1.54) is 18.2 Å². The standard InChI is InChI=1S/C39H68N4O10S/c1-10-29(3)48-20-21-53-39(8,11-2)15-17-42-34(45)28-50-32-25-30(36(47)43-19-18-40-9)24-31(26-32)49-27-33(44)41-16-14-38(6,7)52-23-22-51-37(4,5)13-12-35(46)54/h24-26,29,40H,10-23,27-28H2,1-9H3,(H,41,44)(H,42,45)(H,43,47)(H,46,54). The minimum Gasteiger partial charge on any atom is -0.484 e. The normalized spacial score (nSPS) is 13.4. The molecule has 310 valence electrons. The summed E-state index contributed by atoms with van der Waals surface area (Å²) in [6, 6.07) is 4.58. The van der Waals surface area contributed by atoms with Crippen LogP contribution in [0.4, 0.5) is 0 Å². The number of rotatable bonds is 31. The van der Waals surface area contributed by atoms with E-state index in [0.717, 1.165) is 12.8 Å². The van der Waals surface area contributed by atoms with Gasteiger partial charge in [0.1, 0.15) is 11.5 Å². The average molecular weight is 785 g/mol. The van der Waals surface area contributed by atoms with Gasteiger partial charge in [0.05, 0.1) is 49.3 Å². The zero-order chi connectivity index (χ0) is 40.6. The Morgan fingerprint density at radius 1 is 0.704 bits per heavy atom. The molecule has 2 atom stereocenters. The molecule has 15 heteroatoms. The van der Waals surface area contributed by atoms with Crippen LogP contribution in [0.2, 0.25) is 0 Å². The van der Waals surface area contributed by atoms with Gasteiger partial charge < -0.3 is 49.7 Å². The van der Waals surface area contributed by atoms with Crippen molar-refractivity contribution in [1.29, 1.82) is 0 Å². The number of amides is 3. The van der Waals surface area contributed by atoms with Crippen LogP contribution < -0.4 is 30.7 Å². The van der Waals surface area contributed by atoms with E-state index in [1.807, 2.05) is 48.5 Å². The van der Waals surface area contributed by atoms with Crippen molar-refractivity contribution in [1.82, 2.24) is 21.3 Å². The van der Waals surface area contributed by atoms with E-state index in [1.54, 1.807) is 7.05 Å². The molecule has 0 fully saturated rings. The van der Waals surface area contributed by atoms with Crippen molar-refractivity contribution in [3.63, 3.8) is 0 Å². The maximum absolute atomic E-state index is 12.9. The molecule has 4 N–H and O–H groups in total. The summed E-state index contributed by atoms with van der Waals surface area (Å²) < 4.78 is 35.1. The van der Waals surface area contributed by atoms with Crippen molar-refractivity contribution in [2.45, 2.75) is 117 Å². The largest absolute Gasteiger partial charge is 0.484 e. The number of likely N-dealkylation sites (N-methyl/N-ethyl adjacent to an activating group) is 1. The molecule has 54 heavy (non-hydrogen) atoms. The Balaban J connectivity index is 2.66. The summed E-state index contributed by atoms with van der Waals surface area (Å²) >= 11 is 3.81. The highest BCUT2D eigenvalue weighted by Crippen LogP contribution is 2.24. The molecule has 0 radical (unpaired) electrons. The van der Waals surface area contributed by atoms with Crippen molar-refractivity contribution >= 4 is 35.5 Å². The Bertz CT molecular complexity index is 1280. The van der Waals surface area contributed by atoms with Crippen LogP contribution in [0.1, 0.15) is 104 Å². The molecule has 0 saturated heterocycles. The topological polar surface area (TPSA) is 172 Å². The van der Waals surface area contributed by atoms with E-state index in [0.29, 0.717) is 78.3 Å². The molecular weight excluding hydrogens is 717 g/mol. The SMILES string of the molecule is CCC(C)OCCOC(C)(CC)CCNC(=O)COc1cc(OCC(=O)NCCC(C)(C)OCCOC(C)(C)CCC(=O)S)cc(C(=O)NCCNC)c1. The van der Waals surface area contributed by atoms with Crippen LogP contribution in [-0.4, -0.2) is 119 Å². The second-order valence-electron chi connectivity index (χ2n) is 14.7. The number of carbonyl (C=O) groups is 4. The fourth-order valence-corrected chi connectivity index (χ4v) is 4.95. The number of ether oxygens (including phenoxy) is 6. The quantitative estimate of drug-likeness (QED) is 0.0539. The summed E-state index contributed by atoms with van der Waals surface area (Å²) in [5, 5.41) is 11.3. The predicted octanol–water partition coefficient (Wildman–Crippen LogP) is 4.23. The molecule has 0 aromatic heterocycles. The van der Waals surface area contributed by atoms with Gasteiger partial charge >= 0.3 is 0 Å². The van der Waals surface area contributed by atoms with Gasteiger partial charge in [0.2, 0.25) is 0 Å². The number of nitrogens with one attached hydrogen (secondary N) is 4. The predicted molar refractivity (Wildman–Crippen MR) is 213 cm³/mol. The summed E-state index contributed by atoms with van der Waals surface area (Å²) in [5.74, 6) is -0.561. The maximum atomic E-state index is 12.9. The Morgan fingerprint density at radius 3 is 1.76 bits per heavy atom. The lowest BCUT2D eigenvalue weighted by Gasteiger charge is -2.29. The van der Waals surface area contributed by atoms with Gasteiger partial charge in [-0.1, -0.05) is 13.8 Å². The molecular formula is C39H68N4O10S. The van der Waals surface area contributed by atoms with E-state index in [2.05, 4.69) is 40.8 Å². The molecule has 0 spiro atoms. The summed E-state index contributed by atoms with van der Waals surface area (Å²) in [5.41, 5.74) is -1.14. The highest BCUT2D eigenvalue weighted by atomic mass is 32.1. The molecule has 14 nitrogen and oxygen atoms in total. The fourth-order valence-electron chi connectivity index (χ4n) is 4.84. The third-order valence-corrected chi connectivity index (χ3v) is 9.06. The van der Waals surface area contributed by atoms with Crippen LogP contribution in [-0.2, 0) is 33.3 Å². The second kappa shape index (κ2) is 26.0. The molecule has 0 aliphatic carbocycles. The Hall–Kier alpha value is -2.95. The first-order valence-electron chi connectivity index (χ1n) is 19.0. The number of thiol groups is 1. The summed E-state index contributed by atoms with van der Waals surface area (Å²) in [7, 11) is 1.78. The van der Waals surface area contributed by atoms with Crippen molar-refractivity contribution in [3.05, 3.63) is 23.8 Å². The Morgan fingerprint density at radius 2 is 1.24 bits per heavy atom. The van der Waals surface area contributed by atoms with Gasteiger partial charge in [0, 0.05) is 44.2 Å². The highest BCUT2D eigenvalue weighted by molar-refractivity contribution is 7.96. The summed E-state index contributed by atoms with van der Waals surface area (Å²) in [6.07, 6.45) is 3.96. The van der Waals surface area contributed by atoms with Gasteiger partial charge in [0.15, 0.2) is 18.3 Å². The van der Waals surface area contributed by atoms with Gasteiger partial charge in [-0.3, -0.25) is 19.2 Å². The van der Waals surface area contributed by atoms with Crippen molar-refractivity contribution < 1.29 is 47.6 Å². The lowest BCUT2D eigenvalue weighted by Crippen LogP contribution is -2.37. The van der Waals surface area contributed by atoms with Crippen LogP contribution in [0.3, 0.4) is 0 Å². The van der Waals surface area contributed by atoms with Crippen LogP contribution >= 0.6 is 12.6 Å². The Labute approximate surface area is 328 Å². The lowest BCUT2D eigenvalue weighted by atomic mass is 9.99. The molecule has 0 aliphatic heterocycles. The number of hydrogen-bond acceptors (Lipinski definition) is 11.